The van der Waals surface area contributed by atoms with Crippen molar-refractivity contribution < 1.29 is 28.5 Å². The van der Waals surface area contributed by atoms with Gasteiger partial charge in [0, 0.05) is 31.0 Å². The number of aliphatic hydroxyl groups excluding tert-OH is 1. The van der Waals surface area contributed by atoms with E-state index in [1.807, 2.05) is 30.3 Å². The Balaban J connectivity index is 1.65. The highest BCUT2D eigenvalue weighted by Crippen LogP contribution is 2.46. The van der Waals surface area contributed by atoms with Gasteiger partial charge in [0.25, 0.3) is 10.7 Å². The summed E-state index contributed by atoms with van der Waals surface area (Å²) in [4.78, 5) is 13.0. The maximum atomic E-state index is 12.8. The molecule has 1 amide bonds. The van der Waals surface area contributed by atoms with Crippen LogP contribution in [0.25, 0.3) is 11.1 Å². The molecule has 0 unspecified atom stereocenters. The Morgan fingerprint density at radius 3 is 2.50 bits per heavy atom. The van der Waals surface area contributed by atoms with E-state index in [0.717, 1.165) is 0 Å². The van der Waals surface area contributed by atoms with Gasteiger partial charge in [0.2, 0.25) is 0 Å². The van der Waals surface area contributed by atoms with Crippen LogP contribution in [0.2, 0.25) is 0 Å². The lowest BCUT2D eigenvalue weighted by molar-refractivity contribution is -0.238. The Bertz CT molecular complexity index is 1460. The first-order valence-electron chi connectivity index (χ1n) is 11.4. The Morgan fingerprint density at radius 1 is 1.08 bits per heavy atom. The number of ether oxygens (including phenoxy) is 3. The summed E-state index contributed by atoms with van der Waals surface area (Å²) in [5.41, 5.74) is 1.71. The molecule has 3 atom stereocenters. The lowest BCUT2D eigenvalue weighted by Gasteiger charge is -2.46. The van der Waals surface area contributed by atoms with Crippen molar-refractivity contribution in [3.8, 4) is 5.75 Å². The van der Waals surface area contributed by atoms with Gasteiger partial charge in [-0.15, -0.1) is 0 Å². The van der Waals surface area contributed by atoms with E-state index in [0.29, 0.717) is 33.7 Å². The maximum absolute atomic E-state index is 12.8. The van der Waals surface area contributed by atoms with Crippen LogP contribution in [-0.2, 0) is 9.47 Å². The van der Waals surface area contributed by atoms with Gasteiger partial charge < -0.3 is 29.1 Å². The molecule has 0 saturated heterocycles. The molecule has 186 valence electrons. The van der Waals surface area contributed by atoms with E-state index in [9.17, 15) is 9.90 Å². The number of hydrogen-bond donors (Lipinski definition) is 2. The molecule has 0 saturated carbocycles. The van der Waals surface area contributed by atoms with E-state index < -0.39 is 24.0 Å². The van der Waals surface area contributed by atoms with Gasteiger partial charge in [-0.2, -0.15) is 0 Å². The third kappa shape index (κ3) is 4.00. The monoisotopic (exact) mass is 506 g/mol. The lowest BCUT2D eigenvalue weighted by atomic mass is 9.84. The summed E-state index contributed by atoms with van der Waals surface area (Å²) in [6.45, 7) is 1.72. The van der Waals surface area contributed by atoms with Gasteiger partial charge in [0.15, 0.2) is 17.5 Å². The second kappa shape index (κ2) is 9.51. The number of nitrogens with zero attached hydrogens (tertiary/aromatic N) is 1. The van der Waals surface area contributed by atoms with Crippen LogP contribution < -0.4 is 10.1 Å². The molecule has 2 heterocycles. The second-order valence-corrected chi connectivity index (χ2v) is 9.11. The van der Waals surface area contributed by atoms with Crippen molar-refractivity contribution in [3.05, 3.63) is 88.8 Å². The topological polar surface area (TPSA) is 95.1 Å². The summed E-state index contributed by atoms with van der Waals surface area (Å²) in [7, 11) is 2.97. The number of amides is 1. The van der Waals surface area contributed by atoms with E-state index in [-0.39, 0.29) is 10.7 Å². The number of methoxy groups -OCH3 is 2. The molecular formula is C27H26N2O6S. The molecule has 0 spiro atoms. The summed E-state index contributed by atoms with van der Waals surface area (Å²) in [6.07, 6.45) is -2.05. The zero-order valence-corrected chi connectivity index (χ0v) is 20.8. The lowest BCUT2D eigenvalue weighted by Crippen LogP contribution is -2.60. The molecule has 3 aromatic carbocycles. The van der Waals surface area contributed by atoms with Gasteiger partial charge in [-0.25, -0.2) is 0 Å². The largest absolute Gasteiger partial charge is 0.479 e. The van der Waals surface area contributed by atoms with Crippen LogP contribution in [0.3, 0.4) is 0 Å². The standard InChI is InChI=1S/C27H26N2O6S/c1-27(25(32-2)33-3)23(30)22(29-19-11-7-8-12-21(19)34-26(29)36)18-15-17(13-14-20(18)35-27)28-24(31)16-9-5-4-6-10-16/h4-15,22-23,25,30H,1-3H3,(H,28,31)/t22-,23-,27-/m1/s1. The highest BCUT2D eigenvalue weighted by atomic mass is 32.1. The fourth-order valence-electron chi connectivity index (χ4n) is 4.80. The zero-order chi connectivity index (χ0) is 25.4. The molecule has 0 bridgehead atoms. The van der Waals surface area contributed by atoms with Crippen molar-refractivity contribution in [1.29, 1.82) is 0 Å². The summed E-state index contributed by atoms with van der Waals surface area (Å²) in [6, 6.07) is 20.9. The smallest absolute Gasteiger partial charge is 0.270 e. The first kappa shape index (κ1) is 24.2. The van der Waals surface area contributed by atoms with Crippen molar-refractivity contribution in [2.75, 3.05) is 19.5 Å². The van der Waals surface area contributed by atoms with Gasteiger partial charge in [-0.05, 0) is 61.6 Å². The van der Waals surface area contributed by atoms with Crippen molar-refractivity contribution in [3.63, 3.8) is 0 Å². The Morgan fingerprint density at radius 2 is 1.78 bits per heavy atom. The van der Waals surface area contributed by atoms with Crippen LogP contribution in [-0.4, -0.2) is 47.8 Å². The average Bonchev–Trinajstić information content (AvgIpc) is 3.22. The first-order chi connectivity index (χ1) is 17.4. The maximum Gasteiger partial charge on any atom is 0.270 e. The van der Waals surface area contributed by atoms with Crippen LogP contribution in [0.4, 0.5) is 5.69 Å². The molecule has 9 heteroatoms. The Labute approximate surface area is 213 Å². The average molecular weight is 507 g/mol. The number of anilines is 1. The van der Waals surface area contributed by atoms with Crippen LogP contribution in [0.5, 0.6) is 5.75 Å². The van der Waals surface area contributed by atoms with Gasteiger partial charge in [-0.1, -0.05) is 30.3 Å². The van der Waals surface area contributed by atoms with Crippen molar-refractivity contribution in [2.24, 2.45) is 0 Å². The van der Waals surface area contributed by atoms with Crippen LogP contribution in [0.15, 0.2) is 77.2 Å². The number of carbonyl (C=O) groups excluding carboxylic acids is 1. The molecule has 5 rings (SSSR count). The van der Waals surface area contributed by atoms with E-state index in [1.54, 1.807) is 54.0 Å². The van der Waals surface area contributed by atoms with E-state index in [2.05, 4.69) is 5.32 Å². The molecule has 1 aliphatic heterocycles. The third-order valence-corrected chi connectivity index (χ3v) is 6.81. The molecular weight excluding hydrogens is 480 g/mol. The number of fused-ring (bicyclic) bond motifs is 2. The number of aliphatic hydroxyl groups is 1. The molecule has 36 heavy (non-hydrogen) atoms. The normalized spacial score (nSPS) is 21.2. The molecule has 2 N–H and O–H groups in total. The molecule has 8 nitrogen and oxygen atoms in total. The van der Waals surface area contributed by atoms with Crippen LogP contribution >= 0.6 is 12.2 Å². The number of para-hydroxylation sites is 2. The Hall–Kier alpha value is -3.50. The number of hydrogen-bond acceptors (Lipinski definition) is 7. The fraction of sp³-hybridized carbons (Fsp3) is 0.259. The predicted octanol–water partition coefficient (Wildman–Crippen LogP) is 4.94. The number of nitrogens with one attached hydrogen (secondary N) is 1. The van der Waals surface area contributed by atoms with E-state index >= 15 is 0 Å². The quantitative estimate of drug-likeness (QED) is 0.283. The fourth-order valence-corrected chi connectivity index (χ4v) is 5.11. The number of carbonyl (C=O) groups is 1. The number of rotatable bonds is 6. The minimum absolute atomic E-state index is 0.195. The number of oxazole rings is 1. The van der Waals surface area contributed by atoms with E-state index in [4.69, 9.17) is 30.8 Å². The summed E-state index contributed by atoms with van der Waals surface area (Å²) >= 11 is 5.59. The van der Waals surface area contributed by atoms with Crippen molar-refractivity contribution in [2.45, 2.75) is 31.0 Å². The molecule has 1 aliphatic rings. The minimum atomic E-state index is -1.29. The number of aromatic nitrogens is 1. The van der Waals surface area contributed by atoms with Gasteiger partial charge in [0.1, 0.15) is 11.9 Å². The molecule has 4 aromatic rings. The molecule has 0 radical (unpaired) electrons. The SMILES string of the molecule is COC(OC)[C@]1(C)Oc2ccc(NC(=O)c3ccccc3)cc2[C@@H](n2c(=S)oc3ccccc32)[C@H]1O. The highest BCUT2D eigenvalue weighted by Gasteiger charge is 2.53. The van der Waals surface area contributed by atoms with Crippen LogP contribution in [0, 0.1) is 4.84 Å². The zero-order valence-electron chi connectivity index (χ0n) is 20.0. The highest BCUT2D eigenvalue weighted by molar-refractivity contribution is 7.71. The van der Waals surface area contributed by atoms with Crippen LogP contribution in [0.1, 0.15) is 28.9 Å². The summed E-state index contributed by atoms with van der Waals surface area (Å²) in [5, 5.41) is 14.7. The molecule has 0 fully saturated rings. The predicted molar refractivity (Wildman–Crippen MR) is 137 cm³/mol. The summed E-state index contributed by atoms with van der Waals surface area (Å²) < 4.78 is 24.9. The molecule has 0 aliphatic carbocycles. The second-order valence-electron chi connectivity index (χ2n) is 8.76. The Kier molecular flexibility index (Phi) is 6.40. The third-order valence-electron chi connectivity index (χ3n) is 6.53. The molecule has 1 aromatic heterocycles. The van der Waals surface area contributed by atoms with Gasteiger partial charge in [0.05, 0.1) is 11.6 Å². The first-order valence-corrected chi connectivity index (χ1v) is 11.8. The summed E-state index contributed by atoms with van der Waals surface area (Å²) in [5.74, 6) is 0.246. The van der Waals surface area contributed by atoms with Crippen molar-refractivity contribution in [1.82, 2.24) is 4.57 Å². The number of benzene rings is 3. The van der Waals surface area contributed by atoms with E-state index in [1.165, 1.54) is 14.2 Å². The van der Waals surface area contributed by atoms with Gasteiger partial charge >= 0.3 is 0 Å². The minimum Gasteiger partial charge on any atom is -0.479 e. The van der Waals surface area contributed by atoms with Crippen molar-refractivity contribution >= 4 is 34.9 Å². The van der Waals surface area contributed by atoms with Gasteiger partial charge in [-0.3, -0.25) is 9.36 Å².